The van der Waals surface area contributed by atoms with Crippen molar-refractivity contribution in [1.29, 1.82) is 0 Å². The average molecular weight is 710 g/mol. The molecule has 0 aliphatic carbocycles. The fourth-order valence-corrected chi connectivity index (χ4v) is 6.44. The molecule has 3 heterocycles. The molecule has 7 rings (SSSR count). The van der Waals surface area contributed by atoms with Crippen molar-refractivity contribution < 1.29 is 14.4 Å². The molecule has 9 nitrogen and oxygen atoms in total. The highest BCUT2D eigenvalue weighted by molar-refractivity contribution is 9.10. The Bertz CT molecular complexity index is 2150. The van der Waals surface area contributed by atoms with E-state index in [4.69, 9.17) is 15.0 Å². The van der Waals surface area contributed by atoms with E-state index in [2.05, 4.69) is 41.8 Å². The zero-order valence-electron chi connectivity index (χ0n) is 26.2. The number of hydrogen-bond donors (Lipinski definition) is 0. The number of aldehydes is 3. The maximum absolute atomic E-state index is 11.2. The van der Waals surface area contributed by atoms with Gasteiger partial charge in [0.2, 0.25) is 0 Å². The van der Waals surface area contributed by atoms with Crippen LogP contribution in [0.15, 0.2) is 127 Å². The number of carbonyl (C=O) groups excluding carboxylic acids is 3. The largest absolute Gasteiger partial charge is 0.303 e. The molecule has 0 aliphatic rings. The standard InChI is InChI=1S/C39H29BrN6O3/c40-39-34(45-17-14-42-37(45)20-28-3-9-31(25-48)10-4-28)22-33(44-16-13-41-36(44)19-27-1-7-30(24-47)8-2-27)23-35(39)46-18-15-43-38(46)21-29-5-11-32(26-49)12-6-29/h1-18,22-26H,19-21H2. The predicted octanol–water partition coefficient (Wildman–Crippen LogP) is 7.22. The van der Waals surface area contributed by atoms with Crippen LogP contribution in [-0.4, -0.2) is 47.5 Å². The van der Waals surface area contributed by atoms with Crippen LogP contribution in [0.1, 0.15) is 65.2 Å². The van der Waals surface area contributed by atoms with E-state index in [-0.39, 0.29) is 0 Å². The Morgan fingerprint density at radius 3 is 1.16 bits per heavy atom. The van der Waals surface area contributed by atoms with Crippen LogP contribution in [0.5, 0.6) is 0 Å². The second-order valence-corrected chi connectivity index (χ2v) is 12.3. The van der Waals surface area contributed by atoms with Crippen molar-refractivity contribution in [1.82, 2.24) is 28.7 Å². The van der Waals surface area contributed by atoms with Crippen LogP contribution < -0.4 is 0 Å². The van der Waals surface area contributed by atoms with Crippen LogP contribution in [0, 0.1) is 0 Å². The molecule has 0 bridgehead atoms. The molecule has 0 atom stereocenters. The van der Waals surface area contributed by atoms with Crippen LogP contribution in [0.4, 0.5) is 0 Å². The first kappa shape index (κ1) is 31.6. The molecule has 0 spiro atoms. The Morgan fingerprint density at radius 2 is 0.816 bits per heavy atom. The van der Waals surface area contributed by atoms with Crippen molar-refractivity contribution in [2.75, 3.05) is 0 Å². The minimum atomic E-state index is 0.554. The van der Waals surface area contributed by atoms with E-state index in [1.54, 1.807) is 18.6 Å². The summed E-state index contributed by atoms with van der Waals surface area (Å²) < 4.78 is 7.03. The summed E-state index contributed by atoms with van der Waals surface area (Å²) in [5.74, 6) is 2.48. The van der Waals surface area contributed by atoms with Gasteiger partial charge in [-0.15, -0.1) is 0 Å². The lowest BCUT2D eigenvalue weighted by Gasteiger charge is -2.19. The van der Waals surface area contributed by atoms with Crippen molar-refractivity contribution in [3.63, 3.8) is 0 Å². The zero-order chi connectivity index (χ0) is 33.7. The maximum Gasteiger partial charge on any atom is 0.150 e. The molecule has 0 unspecified atom stereocenters. The first-order chi connectivity index (χ1) is 24.0. The van der Waals surface area contributed by atoms with Crippen LogP contribution in [0.25, 0.3) is 17.1 Å². The average Bonchev–Trinajstić information content (AvgIpc) is 3.92. The minimum Gasteiger partial charge on any atom is -0.303 e. The molecule has 0 N–H and O–H groups in total. The van der Waals surface area contributed by atoms with Gasteiger partial charge in [0.25, 0.3) is 0 Å². The summed E-state index contributed by atoms with van der Waals surface area (Å²) >= 11 is 3.96. The van der Waals surface area contributed by atoms with Gasteiger partial charge in [0, 0.05) is 73.1 Å². The van der Waals surface area contributed by atoms with Crippen LogP contribution in [-0.2, 0) is 19.3 Å². The van der Waals surface area contributed by atoms with Crippen LogP contribution >= 0.6 is 15.9 Å². The number of halogens is 1. The summed E-state index contributed by atoms with van der Waals surface area (Å²) in [5, 5.41) is 0. The van der Waals surface area contributed by atoms with Crippen LogP contribution in [0.2, 0.25) is 0 Å². The molecular weight excluding hydrogens is 680 g/mol. The first-order valence-corrected chi connectivity index (χ1v) is 16.4. The molecule has 0 saturated carbocycles. The Kier molecular flexibility index (Phi) is 9.03. The highest BCUT2D eigenvalue weighted by Crippen LogP contribution is 2.34. The third-order valence-corrected chi connectivity index (χ3v) is 9.21. The zero-order valence-corrected chi connectivity index (χ0v) is 27.8. The lowest BCUT2D eigenvalue weighted by atomic mass is 10.1. The molecule has 4 aromatic carbocycles. The molecule has 49 heavy (non-hydrogen) atoms. The van der Waals surface area contributed by atoms with E-state index in [9.17, 15) is 14.4 Å². The molecule has 0 amide bonds. The molecule has 0 aliphatic heterocycles. The Balaban J connectivity index is 1.33. The molecule has 0 saturated heterocycles. The van der Waals surface area contributed by atoms with E-state index >= 15 is 0 Å². The minimum absolute atomic E-state index is 0.554. The van der Waals surface area contributed by atoms with Crippen molar-refractivity contribution in [3.05, 3.63) is 177 Å². The second kappa shape index (κ2) is 14.0. The number of imidazole rings is 3. The molecule has 10 heteroatoms. The lowest BCUT2D eigenvalue weighted by molar-refractivity contribution is 0.111. The Morgan fingerprint density at radius 1 is 0.490 bits per heavy atom. The van der Waals surface area contributed by atoms with E-state index in [1.807, 2.05) is 91.4 Å². The van der Waals surface area contributed by atoms with Crippen molar-refractivity contribution in [2.45, 2.75) is 19.3 Å². The van der Waals surface area contributed by atoms with Gasteiger partial charge in [-0.1, -0.05) is 72.8 Å². The molecule has 3 aromatic heterocycles. The third kappa shape index (κ3) is 6.72. The number of rotatable bonds is 12. The smallest absolute Gasteiger partial charge is 0.150 e. The summed E-state index contributed by atoms with van der Waals surface area (Å²) in [4.78, 5) is 47.8. The van der Waals surface area contributed by atoms with Crippen LogP contribution in [0.3, 0.4) is 0 Å². The Hall–Kier alpha value is -6.00. The number of benzene rings is 4. The highest BCUT2D eigenvalue weighted by Gasteiger charge is 2.19. The summed E-state index contributed by atoms with van der Waals surface area (Å²) in [6.07, 6.45) is 15.4. The van der Waals surface area contributed by atoms with Gasteiger partial charge in [0.15, 0.2) is 0 Å². The van der Waals surface area contributed by atoms with Crippen molar-refractivity contribution in [3.8, 4) is 17.1 Å². The van der Waals surface area contributed by atoms with Gasteiger partial charge in [-0.3, -0.25) is 14.4 Å². The van der Waals surface area contributed by atoms with Gasteiger partial charge in [-0.2, -0.15) is 0 Å². The summed E-state index contributed by atoms with van der Waals surface area (Å²) in [6.45, 7) is 0. The molecule has 0 fully saturated rings. The van der Waals surface area contributed by atoms with Crippen molar-refractivity contribution in [2.24, 2.45) is 0 Å². The lowest BCUT2D eigenvalue weighted by Crippen LogP contribution is -2.10. The summed E-state index contributed by atoms with van der Waals surface area (Å²) in [5.41, 5.74) is 7.59. The topological polar surface area (TPSA) is 105 Å². The van der Waals surface area contributed by atoms with Gasteiger partial charge in [-0.25, -0.2) is 15.0 Å². The van der Waals surface area contributed by atoms with E-state index in [0.29, 0.717) is 36.0 Å². The van der Waals surface area contributed by atoms with Gasteiger partial charge < -0.3 is 13.7 Å². The number of aromatic nitrogens is 6. The number of carbonyl (C=O) groups is 3. The second-order valence-electron chi connectivity index (χ2n) is 11.5. The molecular formula is C39H29BrN6O3. The fraction of sp³-hybridized carbons (Fsp3) is 0.0769. The predicted molar refractivity (Wildman–Crippen MR) is 189 cm³/mol. The Labute approximate surface area is 290 Å². The molecule has 0 radical (unpaired) electrons. The molecule has 240 valence electrons. The summed E-state index contributed by atoms with van der Waals surface area (Å²) in [7, 11) is 0. The third-order valence-electron chi connectivity index (χ3n) is 8.40. The summed E-state index contributed by atoms with van der Waals surface area (Å²) in [6, 6.07) is 26.7. The van der Waals surface area contributed by atoms with Crippen molar-refractivity contribution >= 4 is 34.8 Å². The number of nitrogens with zero attached hydrogens (tertiary/aromatic N) is 6. The van der Waals surface area contributed by atoms with Gasteiger partial charge >= 0.3 is 0 Å². The SMILES string of the molecule is O=Cc1ccc(Cc2nccn2-c2cc(-n3ccnc3Cc3ccc(C=O)cc3)c(Br)c(-n3ccnc3Cc3ccc(C=O)cc3)c2)cc1. The fourth-order valence-electron chi connectivity index (χ4n) is 5.83. The van der Waals surface area contributed by atoms with Gasteiger partial charge in [0.05, 0.1) is 21.5 Å². The quantitative estimate of drug-likeness (QED) is 0.124. The molecule has 7 aromatic rings. The van der Waals surface area contributed by atoms with Gasteiger partial charge in [0.1, 0.15) is 36.3 Å². The first-order valence-electron chi connectivity index (χ1n) is 15.6. The maximum atomic E-state index is 11.2. The number of hydrogen-bond acceptors (Lipinski definition) is 6. The highest BCUT2D eigenvalue weighted by atomic mass is 79.9. The normalized spacial score (nSPS) is 11.0. The van der Waals surface area contributed by atoms with E-state index in [0.717, 1.165) is 74.6 Å². The van der Waals surface area contributed by atoms with E-state index < -0.39 is 0 Å². The monoisotopic (exact) mass is 708 g/mol. The van der Waals surface area contributed by atoms with Gasteiger partial charge in [-0.05, 0) is 44.8 Å². The van der Waals surface area contributed by atoms with E-state index in [1.165, 1.54) is 0 Å².